The van der Waals surface area contributed by atoms with E-state index < -0.39 is 29.0 Å². The normalized spacial score (nSPS) is 22.5. The fourth-order valence-electron chi connectivity index (χ4n) is 2.19. The second-order valence-electron chi connectivity index (χ2n) is 4.62. The second kappa shape index (κ2) is 4.71. The molecule has 0 aliphatic carbocycles. The smallest absolute Gasteiger partial charge is 0.325 e. The number of nitrogens with one attached hydrogen (secondary N) is 2. The second-order valence-corrected chi connectivity index (χ2v) is 4.62. The molecule has 1 aliphatic rings. The zero-order chi connectivity index (χ0) is 14.2. The van der Waals surface area contributed by atoms with Gasteiger partial charge in [0.05, 0.1) is 5.92 Å². The monoisotopic (exact) mass is 267 g/mol. The maximum absolute atomic E-state index is 12.1. The first-order chi connectivity index (χ1) is 8.90. The lowest BCUT2D eigenvalue weighted by Crippen LogP contribution is -2.36. The Kier molecular flexibility index (Phi) is 3.24. The minimum atomic E-state index is -0.960. The number of rotatable bonds is 2. The molecule has 0 bridgehead atoms. The molecule has 2 atom stereocenters. The van der Waals surface area contributed by atoms with Gasteiger partial charge in [-0.3, -0.25) is 19.4 Å². The number of H-pyrrole nitrogens is 2. The van der Waals surface area contributed by atoms with Crippen LogP contribution in [-0.2, 0) is 4.79 Å². The van der Waals surface area contributed by atoms with Gasteiger partial charge < -0.3 is 15.0 Å². The number of carboxylic acids is 1. The first-order valence-electron chi connectivity index (χ1n) is 5.74. The average molecular weight is 267 g/mol. The molecule has 1 aromatic rings. The van der Waals surface area contributed by atoms with E-state index in [2.05, 4.69) is 4.98 Å². The molecule has 8 nitrogen and oxygen atoms in total. The Labute approximate surface area is 107 Å². The summed E-state index contributed by atoms with van der Waals surface area (Å²) >= 11 is 0. The lowest BCUT2D eigenvalue weighted by Gasteiger charge is -2.14. The highest BCUT2D eigenvalue weighted by atomic mass is 16.4. The number of nitrogens with zero attached hydrogens (tertiary/aromatic N) is 1. The van der Waals surface area contributed by atoms with Crippen molar-refractivity contribution in [1.82, 2.24) is 14.9 Å². The van der Waals surface area contributed by atoms with Gasteiger partial charge in [-0.05, 0) is 5.92 Å². The number of hydrogen-bond donors (Lipinski definition) is 3. The topological polar surface area (TPSA) is 123 Å². The largest absolute Gasteiger partial charge is 0.481 e. The van der Waals surface area contributed by atoms with E-state index in [0.717, 1.165) is 6.20 Å². The number of aromatic amines is 2. The Morgan fingerprint density at radius 3 is 2.58 bits per heavy atom. The fraction of sp³-hybridized carbons (Fsp3) is 0.455. The van der Waals surface area contributed by atoms with Gasteiger partial charge in [0.1, 0.15) is 5.56 Å². The molecular weight excluding hydrogens is 254 g/mol. The van der Waals surface area contributed by atoms with Crippen LogP contribution in [0.1, 0.15) is 17.3 Å². The molecule has 1 fully saturated rings. The Balaban J connectivity index is 2.24. The zero-order valence-corrected chi connectivity index (χ0v) is 10.2. The van der Waals surface area contributed by atoms with Gasteiger partial charge in [0, 0.05) is 19.3 Å². The highest BCUT2D eigenvalue weighted by Gasteiger charge is 2.37. The Bertz CT molecular complexity index is 632. The quantitative estimate of drug-likeness (QED) is 0.624. The van der Waals surface area contributed by atoms with E-state index in [1.165, 1.54) is 4.90 Å². The molecule has 102 valence electrons. The molecule has 0 spiro atoms. The molecule has 8 heteroatoms. The molecule has 3 N–H and O–H groups in total. The number of carbonyl (C=O) groups excluding carboxylic acids is 1. The van der Waals surface area contributed by atoms with Gasteiger partial charge in [-0.1, -0.05) is 6.92 Å². The molecule has 1 aromatic heterocycles. The minimum absolute atomic E-state index is 0.0634. The lowest BCUT2D eigenvalue weighted by atomic mass is 9.99. The van der Waals surface area contributed by atoms with Gasteiger partial charge in [-0.2, -0.15) is 0 Å². The predicted molar refractivity (Wildman–Crippen MR) is 63.9 cm³/mol. The van der Waals surface area contributed by atoms with Crippen LogP contribution in [0.4, 0.5) is 0 Å². The van der Waals surface area contributed by atoms with Gasteiger partial charge in [0.15, 0.2) is 0 Å². The van der Waals surface area contributed by atoms with Crippen LogP contribution in [0.5, 0.6) is 0 Å². The molecular formula is C11H13N3O5. The van der Waals surface area contributed by atoms with E-state index in [1.54, 1.807) is 6.92 Å². The molecule has 2 heterocycles. The fourth-order valence-corrected chi connectivity index (χ4v) is 2.19. The van der Waals surface area contributed by atoms with E-state index in [0.29, 0.717) is 0 Å². The van der Waals surface area contributed by atoms with Crippen LogP contribution in [0, 0.1) is 11.8 Å². The summed E-state index contributed by atoms with van der Waals surface area (Å²) < 4.78 is 0. The first-order valence-corrected chi connectivity index (χ1v) is 5.74. The van der Waals surface area contributed by atoms with Crippen molar-refractivity contribution < 1.29 is 14.7 Å². The summed E-state index contributed by atoms with van der Waals surface area (Å²) in [5.41, 5.74) is -1.67. The van der Waals surface area contributed by atoms with Crippen molar-refractivity contribution in [2.45, 2.75) is 6.92 Å². The summed E-state index contributed by atoms with van der Waals surface area (Å²) in [6, 6.07) is 0. The van der Waals surface area contributed by atoms with Gasteiger partial charge in [0.2, 0.25) is 0 Å². The molecule has 1 aliphatic heterocycles. The van der Waals surface area contributed by atoms with E-state index in [1.807, 2.05) is 4.98 Å². The third-order valence-corrected chi connectivity index (χ3v) is 3.27. The van der Waals surface area contributed by atoms with Gasteiger partial charge >= 0.3 is 11.7 Å². The van der Waals surface area contributed by atoms with Crippen LogP contribution >= 0.6 is 0 Å². The number of carbonyl (C=O) groups is 2. The third-order valence-electron chi connectivity index (χ3n) is 3.27. The maximum atomic E-state index is 12.1. The number of likely N-dealkylation sites (tertiary alicyclic amines) is 1. The molecule has 0 radical (unpaired) electrons. The Hall–Kier alpha value is -2.38. The number of hydrogen-bond acceptors (Lipinski definition) is 4. The zero-order valence-electron chi connectivity index (χ0n) is 10.2. The average Bonchev–Trinajstić information content (AvgIpc) is 2.70. The summed E-state index contributed by atoms with van der Waals surface area (Å²) in [5, 5.41) is 8.99. The van der Waals surface area contributed by atoms with Crippen molar-refractivity contribution >= 4 is 11.9 Å². The standard InChI is InChI=1S/C11H13N3O5/c1-5-3-14(4-7(5)10(17)18)9(16)6-2-12-11(19)13-8(6)15/h2,5,7H,3-4H2,1H3,(H,17,18)(H2,12,13,15,19)/t5-,7-/m1/s1. The Morgan fingerprint density at radius 2 is 2.05 bits per heavy atom. The minimum Gasteiger partial charge on any atom is -0.481 e. The van der Waals surface area contributed by atoms with Crippen molar-refractivity contribution in [2.75, 3.05) is 13.1 Å². The summed E-state index contributed by atoms with van der Waals surface area (Å²) in [4.78, 5) is 50.9. The van der Waals surface area contributed by atoms with Crippen LogP contribution in [-0.4, -0.2) is 44.9 Å². The van der Waals surface area contributed by atoms with Gasteiger partial charge in [-0.15, -0.1) is 0 Å². The van der Waals surface area contributed by atoms with Crippen molar-refractivity contribution in [3.63, 3.8) is 0 Å². The molecule has 2 rings (SSSR count). The SMILES string of the molecule is C[C@@H]1CN(C(=O)c2c[nH]c(=O)[nH]c2=O)C[C@H]1C(=O)O. The van der Waals surface area contributed by atoms with Crippen LogP contribution < -0.4 is 11.2 Å². The van der Waals surface area contributed by atoms with Gasteiger partial charge in [-0.25, -0.2) is 4.79 Å². The number of aromatic nitrogens is 2. The maximum Gasteiger partial charge on any atom is 0.325 e. The summed E-state index contributed by atoms with van der Waals surface area (Å²) in [6.07, 6.45) is 1.04. The third kappa shape index (κ3) is 2.42. The van der Waals surface area contributed by atoms with E-state index in [4.69, 9.17) is 5.11 Å². The molecule has 0 saturated carbocycles. The van der Waals surface area contributed by atoms with Crippen molar-refractivity contribution in [3.05, 3.63) is 32.6 Å². The number of carboxylic acid groups (broad SMARTS) is 1. The lowest BCUT2D eigenvalue weighted by molar-refractivity contribution is -0.142. The first kappa shape index (κ1) is 13.1. The summed E-state index contributed by atoms with van der Waals surface area (Å²) in [7, 11) is 0. The van der Waals surface area contributed by atoms with E-state index in [9.17, 15) is 19.2 Å². The molecule has 0 unspecified atom stereocenters. The summed E-state index contributed by atoms with van der Waals surface area (Å²) in [5.74, 6) is -2.35. The van der Waals surface area contributed by atoms with E-state index >= 15 is 0 Å². The highest BCUT2D eigenvalue weighted by Crippen LogP contribution is 2.23. The van der Waals surface area contributed by atoms with Crippen LogP contribution in [0.2, 0.25) is 0 Å². The number of aliphatic carboxylic acids is 1. The van der Waals surface area contributed by atoms with Crippen LogP contribution in [0.25, 0.3) is 0 Å². The molecule has 19 heavy (non-hydrogen) atoms. The van der Waals surface area contributed by atoms with Crippen molar-refractivity contribution in [1.29, 1.82) is 0 Å². The van der Waals surface area contributed by atoms with Crippen molar-refractivity contribution in [2.24, 2.45) is 11.8 Å². The highest BCUT2D eigenvalue weighted by molar-refractivity contribution is 5.94. The summed E-state index contributed by atoms with van der Waals surface area (Å²) in [6.45, 7) is 2.07. The number of amides is 1. The van der Waals surface area contributed by atoms with Crippen LogP contribution in [0.15, 0.2) is 15.8 Å². The van der Waals surface area contributed by atoms with Crippen LogP contribution in [0.3, 0.4) is 0 Å². The Morgan fingerprint density at radius 1 is 1.37 bits per heavy atom. The molecule has 1 saturated heterocycles. The molecule has 0 aromatic carbocycles. The van der Waals surface area contributed by atoms with Crippen molar-refractivity contribution in [3.8, 4) is 0 Å². The van der Waals surface area contributed by atoms with Gasteiger partial charge in [0.25, 0.3) is 11.5 Å². The van der Waals surface area contributed by atoms with E-state index in [-0.39, 0.29) is 24.6 Å². The predicted octanol–water partition coefficient (Wildman–Crippen LogP) is -1.14. The molecule has 1 amide bonds.